The molecule has 1 aromatic carbocycles. The van der Waals surface area contributed by atoms with Gasteiger partial charge in [-0.3, -0.25) is 0 Å². The van der Waals surface area contributed by atoms with Crippen molar-refractivity contribution in [2.75, 3.05) is 26.4 Å². The van der Waals surface area contributed by atoms with E-state index in [-0.39, 0.29) is 4.90 Å². The van der Waals surface area contributed by atoms with Gasteiger partial charge in [-0.25, -0.2) is 8.42 Å². The second kappa shape index (κ2) is 7.77. The number of likely N-dealkylation sites (N-methyl/N-ethyl adjacent to an activating group) is 1. The molecule has 0 aromatic heterocycles. The van der Waals surface area contributed by atoms with E-state index in [1.807, 2.05) is 7.05 Å². The molecule has 0 amide bonds. The van der Waals surface area contributed by atoms with Crippen LogP contribution in [0.2, 0.25) is 0 Å². The van der Waals surface area contributed by atoms with Gasteiger partial charge in [0.05, 0.1) is 11.0 Å². The molecule has 23 heavy (non-hydrogen) atoms. The van der Waals surface area contributed by atoms with Crippen LogP contribution in [0, 0.1) is 11.8 Å². The van der Waals surface area contributed by atoms with E-state index in [1.165, 1.54) is 31.9 Å². The number of sulfone groups is 1. The van der Waals surface area contributed by atoms with E-state index < -0.39 is 15.9 Å². The lowest BCUT2D eigenvalue weighted by Crippen LogP contribution is -2.31. The molecule has 0 spiro atoms. The molecule has 0 saturated heterocycles. The number of rotatable bonds is 6. The van der Waals surface area contributed by atoms with Gasteiger partial charge in [0.25, 0.3) is 0 Å². The average Bonchev–Trinajstić information content (AvgIpc) is 2.49. The Hall–Kier alpha value is -0.910. The van der Waals surface area contributed by atoms with Gasteiger partial charge in [-0.1, -0.05) is 31.9 Å². The van der Waals surface area contributed by atoms with Gasteiger partial charge in [0.2, 0.25) is 0 Å². The lowest BCUT2D eigenvalue weighted by atomic mass is 9.83. The Morgan fingerprint density at radius 1 is 1.17 bits per heavy atom. The minimum absolute atomic E-state index is 0.290. The predicted octanol–water partition coefficient (Wildman–Crippen LogP) is 2.88. The van der Waals surface area contributed by atoms with Gasteiger partial charge in [0.15, 0.2) is 9.84 Å². The van der Waals surface area contributed by atoms with Gasteiger partial charge in [-0.05, 0) is 49.4 Å². The SMILES string of the molecule is CC1CCC(CN(C)CC(O)c2ccc(S(C)(=O)=O)cc2)CC1. The highest BCUT2D eigenvalue weighted by atomic mass is 32.2. The molecule has 5 heteroatoms. The smallest absolute Gasteiger partial charge is 0.175 e. The van der Waals surface area contributed by atoms with Crippen LogP contribution < -0.4 is 0 Å². The molecule has 0 aliphatic heterocycles. The molecule has 0 bridgehead atoms. The number of hydrogen-bond acceptors (Lipinski definition) is 4. The second-order valence-electron chi connectivity index (χ2n) is 7.20. The summed E-state index contributed by atoms with van der Waals surface area (Å²) in [5.74, 6) is 1.59. The van der Waals surface area contributed by atoms with Gasteiger partial charge >= 0.3 is 0 Å². The summed E-state index contributed by atoms with van der Waals surface area (Å²) < 4.78 is 22.9. The number of nitrogens with zero attached hydrogens (tertiary/aromatic N) is 1. The van der Waals surface area contributed by atoms with Crippen LogP contribution in [0.3, 0.4) is 0 Å². The third kappa shape index (κ3) is 5.59. The third-order valence-corrected chi connectivity index (χ3v) is 6.01. The highest BCUT2D eigenvalue weighted by Gasteiger charge is 2.20. The van der Waals surface area contributed by atoms with E-state index in [2.05, 4.69) is 11.8 Å². The summed E-state index contributed by atoms with van der Waals surface area (Å²) in [5.41, 5.74) is 0.765. The van der Waals surface area contributed by atoms with E-state index >= 15 is 0 Å². The van der Waals surface area contributed by atoms with Crippen LogP contribution in [0.5, 0.6) is 0 Å². The average molecular weight is 340 g/mol. The molecule has 130 valence electrons. The zero-order chi connectivity index (χ0) is 17.0. The summed E-state index contributed by atoms with van der Waals surface area (Å²) in [7, 11) is -1.14. The quantitative estimate of drug-likeness (QED) is 0.866. The van der Waals surface area contributed by atoms with E-state index in [4.69, 9.17) is 0 Å². The van der Waals surface area contributed by atoms with E-state index in [1.54, 1.807) is 24.3 Å². The summed E-state index contributed by atoms with van der Waals surface area (Å²) in [6, 6.07) is 6.54. The van der Waals surface area contributed by atoms with Crippen LogP contribution in [-0.2, 0) is 9.84 Å². The first-order chi connectivity index (χ1) is 10.8. The fraction of sp³-hybridized carbons (Fsp3) is 0.667. The lowest BCUT2D eigenvalue weighted by molar-refractivity contribution is 0.110. The molecular weight excluding hydrogens is 310 g/mol. The second-order valence-corrected chi connectivity index (χ2v) is 9.22. The van der Waals surface area contributed by atoms with E-state index in [0.717, 1.165) is 23.9 Å². The molecule has 1 fully saturated rings. The Bertz CT molecular complexity index is 589. The Kier molecular flexibility index (Phi) is 6.23. The largest absolute Gasteiger partial charge is 0.387 e. The normalized spacial score (nSPS) is 23.9. The van der Waals surface area contributed by atoms with Crippen molar-refractivity contribution in [1.29, 1.82) is 0 Å². The number of hydrogen-bond donors (Lipinski definition) is 1. The van der Waals surface area contributed by atoms with Gasteiger partial charge in [-0.15, -0.1) is 0 Å². The van der Waals surface area contributed by atoms with Crippen molar-refractivity contribution >= 4 is 9.84 Å². The molecule has 1 aromatic rings. The highest BCUT2D eigenvalue weighted by Crippen LogP contribution is 2.29. The van der Waals surface area contributed by atoms with Crippen molar-refractivity contribution in [3.63, 3.8) is 0 Å². The van der Waals surface area contributed by atoms with E-state index in [0.29, 0.717) is 6.54 Å². The van der Waals surface area contributed by atoms with Gasteiger partial charge in [0, 0.05) is 19.3 Å². The van der Waals surface area contributed by atoms with Crippen LogP contribution in [0.4, 0.5) is 0 Å². The maximum Gasteiger partial charge on any atom is 0.175 e. The van der Waals surface area contributed by atoms with Gasteiger partial charge < -0.3 is 10.0 Å². The van der Waals surface area contributed by atoms with Crippen LogP contribution in [0.15, 0.2) is 29.2 Å². The van der Waals surface area contributed by atoms with Crippen molar-refractivity contribution in [2.24, 2.45) is 11.8 Å². The molecule has 1 saturated carbocycles. The fourth-order valence-corrected chi connectivity index (χ4v) is 4.00. The first-order valence-electron chi connectivity index (χ1n) is 8.42. The van der Waals surface area contributed by atoms with Crippen LogP contribution >= 0.6 is 0 Å². The number of aliphatic hydroxyl groups is 1. The topological polar surface area (TPSA) is 57.6 Å². The van der Waals surface area contributed by atoms with Gasteiger partial charge in [0.1, 0.15) is 0 Å². The molecular formula is C18H29NO3S. The summed E-state index contributed by atoms with van der Waals surface area (Å²) in [4.78, 5) is 2.48. The minimum Gasteiger partial charge on any atom is -0.387 e. The summed E-state index contributed by atoms with van der Waals surface area (Å²) in [6.07, 6.45) is 5.80. The van der Waals surface area contributed by atoms with Crippen molar-refractivity contribution in [1.82, 2.24) is 4.90 Å². The Labute approximate surface area is 140 Å². The molecule has 4 nitrogen and oxygen atoms in total. The summed E-state index contributed by atoms with van der Waals surface area (Å²) >= 11 is 0. The molecule has 1 atom stereocenters. The maximum atomic E-state index is 11.5. The lowest BCUT2D eigenvalue weighted by Gasteiger charge is -2.30. The third-order valence-electron chi connectivity index (χ3n) is 4.88. The molecule has 1 aliphatic rings. The maximum absolute atomic E-state index is 11.5. The zero-order valence-electron chi connectivity index (χ0n) is 14.4. The van der Waals surface area contributed by atoms with Gasteiger partial charge in [-0.2, -0.15) is 0 Å². The Morgan fingerprint density at radius 2 is 1.74 bits per heavy atom. The monoisotopic (exact) mass is 339 g/mol. The zero-order valence-corrected chi connectivity index (χ0v) is 15.2. The highest BCUT2D eigenvalue weighted by molar-refractivity contribution is 7.90. The molecule has 1 N–H and O–H groups in total. The fourth-order valence-electron chi connectivity index (χ4n) is 3.36. The molecule has 2 rings (SSSR count). The van der Waals surface area contributed by atoms with E-state index in [9.17, 15) is 13.5 Å². The van der Waals surface area contributed by atoms with Crippen molar-refractivity contribution < 1.29 is 13.5 Å². The predicted molar refractivity (Wildman–Crippen MR) is 93.1 cm³/mol. The van der Waals surface area contributed by atoms with Crippen LogP contribution in [0.25, 0.3) is 0 Å². The van der Waals surface area contributed by atoms with Crippen molar-refractivity contribution in [3.8, 4) is 0 Å². The van der Waals surface area contributed by atoms with Crippen LogP contribution in [-0.4, -0.2) is 44.8 Å². The molecule has 1 aliphatic carbocycles. The molecule has 0 radical (unpaired) electrons. The van der Waals surface area contributed by atoms with Crippen molar-refractivity contribution in [2.45, 2.75) is 43.6 Å². The number of benzene rings is 1. The number of aliphatic hydroxyl groups excluding tert-OH is 1. The Morgan fingerprint density at radius 3 is 2.26 bits per heavy atom. The standard InChI is InChI=1S/C18H29NO3S/c1-14-4-6-15(7-5-14)12-19(2)13-18(20)16-8-10-17(11-9-16)23(3,21)22/h8-11,14-15,18,20H,4-7,12-13H2,1-3H3. The minimum atomic E-state index is -3.18. The first kappa shape index (κ1) is 18.4. The molecule has 0 heterocycles. The Balaban J connectivity index is 1.87. The van der Waals surface area contributed by atoms with Crippen LogP contribution in [0.1, 0.15) is 44.3 Å². The summed E-state index contributed by atoms with van der Waals surface area (Å²) in [6.45, 7) is 3.92. The summed E-state index contributed by atoms with van der Waals surface area (Å²) in [5, 5.41) is 10.4. The van der Waals surface area contributed by atoms with Crippen molar-refractivity contribution in [3.05, 3.63) is 29.8 Å². The molecule has 1 unspecified atom stereocenters. The first-order valence-corrected chi connectivity index (χ1v) is 10.3.